The lowest BCUT2D eigenvalue weighted by molar-refractivity contribution is 0.632. The largest absolute Gasteiger partial charge is 0.311 e. The van der Waals surface area contributed by atoms with Crippen LogP contribution in [0.4, 0.5) is 107 Å². The number of para-hydroxylation sites is 9. The van der Waals surface area contributed by atoms with E-state index < -0.39 is 0 Å². The first-order valence-electron chi connectivity index (χ1n) is 51.3. The molecule has 0 unspecified atom stereocenters. The van der Waals surface area contributed by atoms with Crippen LogP contribution in [0, 0.1) is 19.7 Å². The van der Waals surface area contributed by atoms with Crippen LogP contribution in [0.3, 0.4) is 0 Å². The highest BCUT2D eigenvalue weighted by Crippen LogP contribution is 2.59. The molecule has 3 aliphatic heterocycles. The van der Waals surface area contributed by atoms with E-state index in [9.17, 15) is 0 Å². The zero-order valence-corrected chi connectivity index (χ0v) is 84.3. The van der Waals surface area contributed by atoms with Crippen molar-refractivity contribution in [1.29, 1.82) is 0 Å². The highest BCUT2D eigenvalue weighted by atomic mass is 19.1. The Bertz CT molecular complexity index is 8770. The molecule has 0 N–H and O–H groups in total. The first-order valence-corrected chi connectivity index (χ1v) is 51.3. The number of halogens is 1. The molecule has 6 nitrogen and oxygen atoms in total. The first kappa shape index (κ1) is 92.3. The molecular weight excluding hydrogens is 1800 g/mol. The van der Waals surface area contributed by atoms with E-state index in [1.165, 1.54) is 145 Å². The van der Waals surface area contributed by atoms with Crippen LogP contribution < -0.4 is 29.4 Å². The number of anilines is 18. The Labute approximate surface area is 867 Å². The van der Waals surface area contributed by atoms with Gasteiger partial charge in [0.15, 0.2) is 0 Å². The summed E-state index contributed by atoms with van der Waals surface area (Å²) in [5.41, 5.74) is 40.1. The normalized spacial score (nSPS) is 13.2. The molecule has 0 atom stereocenters. The van der Waals surface area contributed by atoms with Gasteiger partial charge in [0.05, 0.1) is 34.1 Å². The van der Waals surface area contributed by atoms with Crippen molar-refractivity contribution >= 4 is 145 Å². The van der Waals surface area contributed by atoms with Crippen molar-refractivity contribution in [2.24, 2.45) is 0 Å². The number of hydrogen-bond acceptors (Lipinski definition) is 6. The summed E-state index contributed by atoms with van der Waals surface area (Å²) >= 11 is 0. The third-order valence-electron chi connectivity index (χ3n) is 30.6. The molecule has 0 aromatic heterocycles. The summed E-state index contributed by atoms with van der Waals surface area (Å²) in [5, 5.41) is 8.61. The van der Waals surface area contributed by atoms with Crippen LogP contribution in [0.2, 0.25) is 0 Å². The number of rotatable bonds is 16. The average Bonchev–Trinajstić information content (AvgIpc) is 0.724. The van der Waals surface area contributed by atoms with Crippen molar-refractivity contribution in [3.05, 3.63) is 578 Å². The van der Waals surface area contributed by atoms with Gasteiger partial charge >= 0.3 is 0 Å². The average molecular weight is 1910 g/mol. The summed E-state index contributed by atoms with van der Waals surface area (Å²) in [4.78, 5) is 14.2. The highest BCUT2D eigenvalue weighted by Gasteiger charge is 2.42. The molecule has 0 bridgehead atoms. The molecule has 0 saturated carbocycles. The molecule has 0 radical (unpaired) electrons. The molecule has 23 aromatic rings. The number of benzene rings is 23. The van der Waals surface area contributed by atoms with E-state index in [0.29, 0.717) is 5.39 Å². The minimum atomic E-state index is -0.241. The Morgan fingerprint density at radius 1 is 0.176 bits per heavy atom. The lowest BCUT2D eigenvalue weighted by Crippen LogP contribution is -2.30. The fraction of sp³-hybridized carbons (Fsp3) is 0.0780. The minimum Gasteiger partial charge on any atom is -0.311 e. The Hall–Kier alpha value is -18.2. The molecule has 26 rings (SSSR count). The smallest absolute Gasteiger partial charge is 0.131 e. The van der Waals surface area contributed by atoms with E-state index in [0.717, 1.165) is 84.3 Å². The van der Waals surface area contributed by atoms with Crippen molar-refractivity contribution in [2.45, 2.75) is 71.6 Å². The second kappa shape index (κ2) is 38.5. The lowest BCUT2D eigenvalue weighted by atomic mass is 9.72. The van der Waals surface area contributed by atoms with Crippen LogP contribution in [0.25, 0.3) is 87.6 Å². The van der Waals surface area contributed by atoms with Gasteiger partial charge in [0.25, 0.3) is 0 Å². The third-order valence-corrected chi connectivity index (χ3v) is 30.6. The predicted molar refractivity (Wildman–Crippen MR) is 625 cm³/mol. The molecule has 0 fully saturated rings. The lowest BCUT2D eigenvalue weighted by Gasteiger charge is -2.42. The van der Waals surface area contributed by atoms with Gasteiger partial charge in [-0.3, -0.25) is 0 Å². The molecule has 0 saturated heterocycles. The van der Waals surface area contributed by atoms with E-state index in [1.807, 2.05) is 24.3 Å². The summed E-state index contributed by atoms with van der Waals surface area (Å²) in [6.45, 7) is 18.5. The Balaban J connectivity index is 0.000000119. The Kier molecular flexibility index (Phi) is 24.0. The highest BCUT2D eigenvalue weighted by molar-refractivity contribution is 6.11. The maximum Gasteiger partial charge on any atom is 0.131 e. The zero-order chi connectivity index (χ0) is 100. The maximum atomic E-state index is 15.3. The molecule has 3 aliphatic rings. The first-order chi connectivity index (χ1) is 72.4. The van der Waals surface area contributed by atoms with Gasteiger partial charge in [-0.05, 0) is 335 Å². The minimum absolute atomic E-state index is 0.183. The topological polar surface area (TPSA) is 19.4 Å². The molecule has 0 spiro atoms. The van der Waals surface area contributed by atoms with Gasteiger partial charge in [-0.15, -0.1) is 0 Å². The fourth-order valence-corrected chi connectivity index (χ4v) is 22.9. The summed E-state index contributed by atoms with van der Waals surface area (Å²) in [6.07, 6.45) is 0. The molecule has 0 aliphatic carbocycles. The van der Waals surface area contributed by atoms with Crippen LogP contribution in [0.15, 0.2) is 528 Å². The van der Waals surface area contributed by atoms with E-state index >= 15 is 4.39 Å². The van der Waals surface area contributed by atoms with Crippen molar-refractivity contribution < 1.29 is 4.39 Å². The van der Waals surface area contributed by atoms with Crippen molar-refractivity contribution in [2.75, 3.05) is 29.4 Å². The molecule has 3 heterocycles. The van der Waals surface area contributed by atoms with Gasteiger partial charge in [-0.2, -0.15) is 0 Å². The fourth-order valence-electron chi connectivity index (χ4n) is 22.9. The van der Waals surface area contributed by atoms with E-state index in [4.69, 9.17) is 0 Å². The Morgan fingerprint density at radius 3 is 0.919 bits per heavy atom. The zero-order valence-electron chi connectivity index (χ0n) is 84.3. The second-order valence-electron chi connectivity index (χ2n) is 40.6. The number of hydrogen-bond donors (Lipinski definition) is 0. The van der Waals surface area contributed by atoms with Gasteiger partial charge < -0.3 is 29.4 Å². The molecular formula is C141H111FN6. The maximum absolute atomic E-state index is 15.3. The molecule has 7 heteroatoms. The third kappa shape index (κ3) is 16.9. The summed E-state index contributed by atoms with van der Waals surface area (Å²) in [6, 6.07) is 189. The van der Waals surface area contributed by atoms with Crippen LogP contribution in [0.1, 0.15) is 86.1 Å². The number of fused-ring (bicyclic) bond motifs is 12. The van der Waals surface area contributed by atoms with Crippen LogP contribution >= 0.6 is 0 Å². The van der Waals surface area contributed by atoms with Gasteiger partial charge in [-0.25, -0.2) is 4.39 Å². The van der Waals surface area contributed by atoms with E-state index in [2.05, 4.69) is 582 Å². The van der Waals surface area contributed by atoms with Crippen LogP contribution in [-0.4, -0.2) is 0 Å². The van der Waals surface area contributed by atoms with Crippen molar-refractivity contribution in [3.63, 3.8) is 0 Å². The number of aryl methyl sites for hydroxylation is 2. The predicted octanol–water partition coefficient (Wildman–Crippen LogP) is 39.8. The summed E-state index contributed by atoms with van der Waals surface area (Å²) < 4.78 is 15.3. The van der Waals surface area contributed by atoms with Crippen molar-refractivity contribution in [1.82, 2.24) is 0 Å². The molecule has 0 amide bonds. The second-order valence-corrected chi connectivity index (χ2v) is 40.6. The Morgan fingerprint density at radius 2 is 0.473 bits per heavy atom. The number of nitrogens with zero attached hydrogens (tertiary/aromatic N) is 6. The van der Waals surface area contributed by atoms with Crippen LogP contribution in [-0.2, 0) is 16.2 Å². The van der Waals surface area contributed by atoms with Gasteiger partial charge in [-0.1, -0.05) is 375 Å². The van der Waals surface area contributed by atoms with Crippen molar-refractivity contribution in [3.8, 4) is 44.5 Å². The quantitative estimate of drug-likeness (QED) is 0.0892. The standard InChI is InChI=1S/C49H40N2.C47H35FN2.C45H36N2/c1-33-13-5-10-18-45(33)50(46-19-11-6-14-34(46)2)39-26-23-35(24-27-39)37-25-30-48-44(32-37)49(3,4)43-17-9-12-20-47(43)51(48)40-28-29-42-38(31-40)22-21-36-15-7-8-16-41(36)42;1-47(2)42-19-11-12-20-45(42)50(38-26-27-39-34(29-38)31-44(48)41-18-10-9-17-40(39)41)46-28-23-33(30-43(46)47)32-21-24-37(25-22-32)49(35-13-5-3-6-14-35)36-15-7-4-8-16-36;1-45(2)41-29-25-36(33-15-7-3-8-16-33)32-44(41)47(39-21-13-6-14-22-39)43-30-26-35(31-42(43)45)34-23-27-40(28-24-34)46(37-17-9-4-10-18-37)38-19-11-5-12-20-38/h5-32H,1-4H3;3-31H,1-2H3;3-32H,1-2H3. The van der Waals surface area contributed by atoms with Gasteiger partial charge in [0, 0.05) is 89.9 Å². The van der Waals surface area contributed by atoms with E-state index in [-0.39, 0.29) is 22.1 Å². The SMILES string of the molecule is CC1(C)c2ccc(-c3ccccc3)cc2N(c2ccccc2)c2ccc(-c3ccc(N(c4ccccc4)c4ccccc4)cc3)cc21.CC1(C)c2ccccc2N(c2ccc3c(c2)cc(F)c2ccccc23)c2ccc(-c3ccc(N(c4ccccc4)c4ccccc4)cc3)cc21.Cc1ccccc1N(c1ccc(-c2ccc3c(c2)C(C)(C)c2ccccc2N3c2ccc3c(ccc4ccccc43)c2)cc1)c1ccccc1C. The molecule has 23 aromatic carbocycles. The van der Waals surface area contributed by atoms with Gasteiger partial charge in [0.2, 0.25) is 0 Å². The van der Waals surface area contributed by atoms with Gasteiger partial charge in [0.1, 0.15) is 5.82 Å². The summed E-state index contributed by atoms with van der Waals surface area (Å²) in [7, 11) is 0. The van der Waals surface area contributed by atoms with Crippen LogP contribution in [0.5, 0.6) is 0 Å². The molecule has 712 valence electrons. The van der Waals surface area contributed by atoms with E-state index in [1.54, 1.807) is 6.07 Å². The monoisotopic (exact) mass is 1910 g/mol. The molecule has 148 heavy (non-hydrogen) atoms. The summed E-state index contributed by atoms with van der Waals surface area (Å²) in [5.74, 6) is -0.197.